The van der Waals surface area contributed by atoms with Gasteiger partial charge in [-0.2, -0.15) is 0 Å². The molecule has 0 heterocycles. The minimum absolute atomic E-state index is 0.0675. The van der Waals surface area contributed by atoms with Gasteiger partial charge in [-0.15, -0.1) is 0 Å². The summed E-state index contributed by atoms with van der Waals surface area (Å²) in [5.41, 5.74) is -0.0675. The van der Waals surface area contributed by atoms with E-state index in [0.29, 0.717) is 25.9 Å². The van der Waals surface area contributed by atoms with Gasteiger partial charge in [0.2, 0.25) is 0 Å². The summed E-state index contributed by atoms with van der Waals surface area (Å²) in [6.07, 6.45) is 6.97. The molecule has 1 saturated carbocycles. The van der Waals surface area contributed by atoms with Crippen molar-refractivity contribution in [2.45, 2.75) is 64.6 Å². The molecule has 0 N–H and O–H groups in total. The van der Waals surface area contributed by atoms with Crippen LogP contribution in [0, 0.1) is 0 Å². The molecule has 3 heteroatoms. The summed E-state index contributed by atoms with van der Waals surface area (Å²) >= 11 is 0. The van der Waals surface area contributed by atoms with Gasteiger partial charge in [-0.25, -0.2) is 0 Å². The van der Waals surface area contributed by atoms with Crippen LogP contribution in [-0.2, 0) is 14.2 Å². The second-order valence-electron chi connectivity index (χ2n) is 5.70. The maximum absolute atomic E-state index is 5.76. The first kappa shape index (κ1) is 14.9. The van der Waals surface area contributed by atoms with Crippen LogP contribution in [0.3, 0.4) is 0 Å². The third-order valence-electron chi connectivity index (χ3n) is 2.90. The van der Waals surface area contributed by atoms with E-state index < -0.39 is 0 Å². The van der Waals surface area contributed by atoms with Gasteiger partial charge in [0.05, 0.1) is 38.1 Å². The largest absolute Gasteiger partial charge is 0.377 e. The van der Waals surface area contributed by atoms with Crippen molar-refractivity contribution in [2.75, 3.05) is 26.4 Å². The first-order chi connectivity index (χ1) is 8.08. The van der Waals surface area contributed by atoms with E-state index in [1.54, 1.807) is 0 Å². The summed E-state index contributed by atoms with van der Waals surface area (Å²) in [5, 5.41) is 0. The number of hydrogen-bond acceptors (Lipinski definition) is 3. The van der Waals surface area contributed by atoms with Gasteiger partial charge in [-0.3, -0.25) is 0 Å². The van der Waals surface area contributed by atoms with Crippen molar-refractivity contribution in [3.05, 3.63) is 0 Å². The van der Waals surface area contributed by atoms with E-state index in [0.717, 1.165) is 6.61 Å². The molecule has 1 aliphatic rings. The summed E-state index contributed by atoms with van der Waals surface area (Å²) < 4.78 is 16.8. The topological polar surface area (TPSA) is 27.7 Å². The van der Waals surface area contributed by atoms with Crippen molar-refractivity contribution >= 4 is 0 Å². The molecule has 1 fully saturated rings. The SMILES string of the molecule is CC(C)(C)OCCOCCOC1CCCCC1. The zero-order valence-electron chi connectivity index (χ0n) is 11.7. The second-order valence-corrected chi connectivity index (χ2v) is 5.70. The minimum Gasteiger partial charge on any atom is -0.377 e. The molecule has 0 aromatic carbocycles. The van der Waals surface area contributed by atoms with E-state index in [9.17, 15) is 0 Å². The van der Waals surface area contributed by atoms with Gasteiger partial charge < -0.3 is 14.2 Å². The van der Waals surface area contributed by atoms with Gasteiger partial charge in [0.15, 0.2) is 0 Å². The minimum atomic E-state index is -0.0675. The molecule has 0 saturated heterocycles. The maximum Gasteiger partial charge on any atom is 0.0707 e. The van der Waals surface area contributed by atoms with Crippen LogP contribution in [0.15, 0.2) is 0 Å². The third-order valence-corrected chi connectivity index (χ3v) is 2.90. The Hall–Kier alpha value is -0.120. The summed E-state index contributed by atoms with van der Waals surface area (Å²) in [4.78, 5) is 0. The quantitative estimate of drug-likeness (QED) is 0.644. The molecule has 102 valence electrons. The van der Waals surface area contributed by atoms with Crippen molar-refractivity contribution in [1.82, 2.24) is 0 Å². The van der Waals surface area contributed by atoms with E-state index in [1.165, 1.54) is 32.1 Å². The fourth-order valence-electron chi connectivity index (χ4n) is 2.01. The molecule has 0 unspecified atom stereocenters. The maximum atomic E-state index is 5.76. The molecule has 0 radical (unpaired) electrons. The highest BCUT2D eigenvalue weighted by atomic mass is 16.6. The summed E-state index contributed by atoms with van der Waals surface area (Å²) in [5.74, 6) is 0. The molecule has 0 spiro atoms. The van der Waals surface area contributed by atoms with Gasteiger partial charge in [-0.05, 0) is 33.6 Å². The molecule has 1 rings (SSSR count). The normalized spacial score (nSPS) is 18.5. The highest BCUT2D eigenvalue weighted by Gasteiger charge is 2.13. The van der Waals surface area contributed by atoms with Crippen molar-refractivity contribution in [3.8, 4) is 0 Å². The molecule has 0 atom stereocenters. The van der Waals surface area contributed by atoms with E-state index in [4.69, 9.17) is 14.2 Å². The molecule has 3 nitrogen and oxygen atoms in total. The van der Waals surface area contributed by atoms with Gasteiger partial charge >= 0.3 is 0 Å². The smallest absolute Gasteiger partial charge is 0.0707 e. The Kier molecular flexibility index (Phi) is 7.09. The average Bonchev–Trinajstić information content (AvgIpc) is 2.28. The van der Waals surface area contributed by atoms with Crippen molar-refractivity contribution < 1.29 is 14.2 Å². The van der Waals surface area contributed by atoms with Crippen LogP contribution in [-0.4, -0.2) is 38.1 Å². The summed E-state index contributed by atoms with van der Waals surface area (Å²) in [6, 6.07) is 0. The predicted molar refractivity (Wildman–Crippen MR) is 69.3 cm³/mol. The molecular formula is C14H28O3. The molecule has 0 aromatic rings. The monoisotopic (exact) mass is 244 g/mol. The summed E-state index contributed by atoms with van der Waals surface area (Å²) in [7, 11) is 0. The number of rotatable bonds is 7. The van der Waals surface area contributed by atoms with Crippen LogP contribution >= 0.6 is 0 Å². The highest BCUT2D eigenvalue weighted by molar-refractivity contribution is 4.64. The van der Waals surface area contributed by atoms with Crippen molar-refractivity contribution in [3.63, 3.8) is 0 Å². The van der Waals surface area contributed by atoms with Crippen LogP contribution in [0.2, 0.25) is 0 Å². The lowest BCUT2D eigenvalue weighted by Crippen LogP contribution is -2.23. The van der Waals surface area contributed by atoms with Crippen LogP contribution in [0.5, 0.6) is 0 Å². The summed E-state index contributed by atoms with van der Waals surface area (Å²) in [6.45, 7) is 8.89. The number of hydrogen-bond donors (Lipinski definition) is 0. The Morgan fingerprint density at radius 3 is 2.18 bits per heavy atom. The van der Waals surface area contributed by atoms with Gasteiger partial charge in [0, 0.05) is 0 Å². The van der Waals surface area contributed by atoms with Crippen molar-refractivity contribution in [1.29, 1.82) is 0 Å². The van der Waals surface area contributed by atoms with Crippen molar-refractivity contribution in [2.24, 2.45) is 0 Å². The van der Waals surface area contributed by atoms with Gasteiger partial charge in [0.1, 0.15) is 0 Å². The predicted octanol–water partition coefficient (Wildman–Crippen LogP) is 3.17. The Morgan fingerprint density at radius 1 is 0.882 bits per heavy atom. The fraction of sp³-hybridized carbons (Fsp3) is 1.00. The number of ether oxygens (including phenoxy) is 3. The molecule has 0 aromatic heterocycles. The van der Waals surface area contributed by atoms with Crippen LogP contribution in [0.25, 0.3) is 0 Å². The first-order valence-corrected chi connectivity index (χ1v) is 6.91. The molecule has 1 aliphatic carbocycles. The highest BCUT2D eigenvalue weighted by Crippen LogP contribution is 2.19. The standard InChI is InChI=1S/C14H28O3/c1-14(2,3)17-12-10-15-9-11-16-13-7-5-4-6-8-13/h13H,4-12H2,1-3H3. The van der Waals surface area contributed by atoms with Gasteiger partial charge in [0.25, 0.3) is 0 Å². The molecule has 17 heavy (non-hydrogen) atoms. The fourth-order valence-corrected chi connectivity index (χ4v) is 2.01. The van der Waals surface area contributed by atoms with Gasteiger partial charge in [-0.1, -0.05) is 19.3 Å². The lowest BCUT2D eigenvalue weighted by atomic mass is 9.98. The van der Waals surface area contributed by atoms with Crippen LogP contribution in [0.4, 0.5) is 0 Å². The Morgan fingerprint density at radius 2 is 1.53 bits per heavy atom. The van der Waals surface area contributed by atoms with E-state index in [1.807, 2.05) is 0 Å². The van der Waals surface area contributed by atoms with Crippen LogP contribution < -0.4 is 0 Å². The first-order valence-electron chi connectivity index (χ1n) is 6.91. The van der Waals surface area contributed by atoms with E-state index in [-0.39, 0.29) is 5.60 Å². The van der Waals surface area contributed by atoms with Crippen LogP contribution in [0.1, 0.15) is 52.9 Å². The Labute approximate surface area is 106 Å². The van der Waals surface area contributed by atoms with E-state index >= 15 is 0 Å². The zero-order valence-corrected chi connectivity index (χ0v) is 11.7. The Bertz CT molecular complexity index is 180. The molecule has 0 amide bonds. The molecule has 0 bridgehead atoms. The zero-order chi connectivity index (χ0) is 12.6. The average molecular weight is 244 g/mol. The molecular weight excluding hydrogens is 216 g/mol. The van der Waals surface area contributed by atoms with E-state index in [2.05, 4.69) is 20.8 Å². The lowest BCUT2D eigenvalue weighted by molar-refractivity contribution is -0.0518. The molecule has 0 aliphatic heterocycles. The lowest BCUT2D eigenvalue weighted by Gasteiger charge is -2.22. The Balaban J connectivity index is 1.84. The second kappa shape index (κ2) is 8.06. The third kappa shape index (κ3) is 8.58.